The van der Waals surface area contributed by atoms with Crippen molar-refractivity contribution < 1.29 is 13.5 Å². The van der Waals surface area contributed by atoms with E-state index >= 15 is 0 Å². The van der Waals surface area contributed by atoms with Gasteiger partial charge < -0.3 is 5.11 Å². The second kappa shape index (κ2) is 5.68. The minimum absolute atomic E-state index is 0.0434. The molecule has 1 atom stereocenters. The van der Waals surface area contributed by atoms with Gasteiger partial charge in [0.15, 0.2) is 5.82 Å². The van der Waals surface area contributed by atoms with Crippen molar-refractivity contribution in [2.75, 3.05) is 17.9 Å². The molecule has 1 unspecified atom stereocenters. The molecule has 2 heterocycles. The second-order valence-electron chi connectivity index (χ2n) is 4.36. The molecule has 0 bridgehead atoms. The van der Waals surface area contributed by atoms with Crippen LogP contribution in [0.15, 0.2) is 16.9 Å². The minimum atomic E-state index is -3.77. The van der Waals surface area contributed by atoms with E-state index in [2.05, 4.69) is 14.9 Å². The molecule has 1 aliphatic rings. The summed E-state index contributed by atoms with van der Waals surface area (Å²) in [6.45, 7) is 0.157. The van der Waals surface area contributed by atoms with E-state index in [1.807, 2.05) is 0 Å². The molecular formula is C10H16N4O4S. The first kappa shape index (κ1) is 14.0. The molecule has 0 spiro atoms. The fourth-order valence-electron chi connectivity index (χ4n) is 2.07. The number of nitrogens with zero attached hydrogens (tertiary/aromatic N) is 2. The Morgan fingerprint density at radius 1 is 1.47 bits per heavy atom. The highest BCUT2D eigenvalue weighted by atomic mass is 32.2. The van der Waals surface area contributed by atoms with Gasteiger partial charge in [-0.3, -0.25) is 9.52 Å². The molecule has 9 heteroatoms. The number of H-pyrrole nitrogens is 1. The number of piperidine rings is 1. The van der Waals surface area contributed by atoms with E-state index in [9.17, 15) is 18.3 Å². The number of aromatic amines is 1. The van der Waals surface area contributed by atoms with Crippen LogP contribution in [0.25, 0.3) is 0 Å². The van der Waals surface area contributed by atoms with Gasteiger partial charge in [0.25, 0.3) is 5.56 Å². The molecule has 1 saturated heterocycles. The van der Waals surface area contributed by atoms with Crippen LogP contribution in [0.4, 0.5) is 5.82 Å². The Bertz CT molecular complexity index is 565. The first-order chi connectivity index (χ1) is 9.03. The standard InChI is InChI=1S/C10H16N4O4S/c15-7-8-3-1-2-6-14(8)19(17,18)13-9-4-5-10(16)12-11-9/h4-5,8,15H,1-3,6-7H2,(H,11,13)(H,12,16). The van der Waals surface area contributed by atoms with Crippen LogP contribution in [0, 0.1) is 0 Å². The Morgan fingerprint density at radius 2 is 2.26 bits per heavy atom. The van der Waals surface area contributed by atoms with Gasteiger partial charge in [0.2, 0.25) is 0 Å². The summed E-state index contributed by atoms with van der Waals surface area (Å²) in [5.74, 6) is 0.0434. The lowest BCUT2D eigenvalue weighted by Crippen LogP contribution is -2.48. The zero-order chi connectivity index (χ0) is 13.9. The van der Waals surface area contributed by atoms with E-state index in [4.69, 9.17) is 0 Å². The zero-order valence-electron chi connectivity index (χ0n) is 10.2. The van der Waals surface area contributed by atoms with Gasteiger partial charge in [-0.2, -0.15) is 17.8 Å². The van der Waals surface area contributed by atoms with Gasteiger partial charge in [-0.1, -0.05) is 6.42 Å². The lowest BCUT2D eigenvalue weighted by molar-refractivity contribution is 0.156. The molecule has 1 fully saturated rings. The van der Waals surface area contributed by atoms with Crippen LogP contribution >= 0.6 is 0 Å². The molecule has 0 aliphatic carbocycles. The number of rotatable bonds is 4. The van der Waals surface area contributed by atoms with E-state index in [1.165, 1.54) is 16.4 Å². The number of anilines is 1. The van der Waals surface area contributed by atoms with Crippen LogP contribution in [0.1, 0.15) is 19.3 Å². The number of nitrogens with one attached hydrogen (secondary N) is 2. The van der Waals surface area contributed by atoms with Crippen molar-refractivity contribution in [3.05, 3.63) is 22.5 Å². The van der Waals surface area contributed by atoms with Crippen LogP contribution in [0.2, 0.25) is 0 Å². The highest BCUT2D eigenvalue weighted by molar-refractivity contribution is 7.90. The van der Waals surface area contributed by atoms with Crippen molar-refractivity contribution in [3.63, 3.8) is 0 Å². The molecule has 3 N–H and O–H groups in total. The van der Waals surface area contributed by atoms with E-state index in [0.29, 0.717) is 13.0 Å². The Hall–Kier alpha value is -1.45. The third kappa shape index (κ3) is 3.31. The second-order valence-corrected chi connectivity index (χ2v) is 5.98. The maximum Gasteiger partial charge on any atom is 0.303 e. The Morgan fingerprint density at radius 3 is 2.89 bits per heavy atom. The van der Waals surface area contributed by atoms with Gasteiger partial charge in [-0.25, -0.2) is 5.10 Å². The van der Waals surface area contributed by atoms with Crippen molar-refractivity contribution in [3.8, 4) is 0 Å². The van der Waals surface area contributed by atoms with Crippen molar-refractivity contribution >= 4 is 16.0 Å². The highest BCUT2D eigenvalue weighted by Gasteiger charge is 2.32. The van der Waals surface area contributed by atoms with Gasteiger partial charge in [-0.15, -0.1) is 0 Å². The zero-order valence-corrected chi connectivity index (χ0v) is 11.1. The number of aliphatic hydroxyl groups excluding tert-OH is 1. The monoisotopic (exact) mass is 288 g/mol. The molecule has 19 heavy (non-hydrogen) atoms. The van der Waals surface area contributed by atoms with Gasteiger partial charge in [0.1, 0.15) is 0 Å². The SMILES string of the molecule is O=c1ccc(NS(=O)(=O)N2CCCCC2CO)n[nH]1. The largest absolute Gasteiger partial charge is 0.395 e. The summed E-state index contributed by atoms with van der Waals surface area (Å²) in [6, 6.07) is 2.06. The summed E-state index contributed by atoms with van der Waals surface area (Å²) in [5.41, 5.74) is -0.408. The molecule has 0 aromatic carbocycles. The number of hydrogen-bond donors (Lipinski definition) is 3. The maximum atomic E-state index is 12.2. The maximum absolute atomic E-state index is 12.2. The van der Waals surface area contributed by atoms with Gasteiger partial charge >= 0.3 is 10.2 Å². The molecule has 8 nitrogen and oxygen atoms in total. The third-order valence-corrected chi connectivity index (χ3v) is 4.57. The quantitative estimate of drug-likeness (QED) is 0.676. The Labute approximate surface area is 110 Å². The van der Waals surface area contributed by atoms with Gasteiger partial charge in [0, 0.05) is 18.7 Å². The summed E-state index contributed by atoms with van der Waals surface area (Å²) < 4.78 is 27.9. The molecule has 2 rings (SSSR count). The molecule has 1 aromatic heterocycles. The molecule has 1 aromatic rings. The van der Waals surface area contributed by atoms with Gasteiger partial charge in [-0.05, 0) is 18.9 Å². The lowest BCUT2D eigenvalue weighted by atomic mass is 10.1. The summed E-state index contributed by atoms with van der Waals surface area (Å²) in [5, 5.41) is 15.0. The van der Waals surface area contributed by atoms with Crippen LogP contribution in [0.3, 0.4) is 0 Å². The van der Waals surface area contributed by atoms with E-state index < -0.39 is 21.8 Å². The molecule has 106 valence electrons. The average Bonchev–Trinajstić information content (AvgIpc) is 2.41. The highest BCUT2D eigenvalue weighted by Crippen LogP contribution is 2.20. The summed E-state index contributed by atoms with van der Waals surface area (Å²) in [7, 11) is -3.77. The van der Waals surface area contributed by atoms with Crippen molar-refractivity contribution in [2.24, 2.45) is 0 Å². The number of aromatic nitrogens is 2. The Balaban J connectivity index is 2.17. The summed E-state index contributed by atoms with van der Waals surface area (Å²) >= 11 is 0. The van der Waals surface area contributed by atoms with E-state index in [0.717, 1.165) is 12.8 Å². The fourth-order valence-corrected chi connectivity index (χ4v) is 3.49. The van der Waals surface area contributed by atoms with Crippen LogP contribution < -0.4 is 10.3 Å². The summed E-state index contributed by atoms with van der Waals surface area (Å²) in [6.07, 6.45) is 2.29. The lowest BCUT2D eigenvalue weighted by Gasteiger charge is -2.33. The van der Waals surface area contributed by atoms with Crippen LogP contribution in [-0.2, 0) is 10.2 Å². The van der Waals surface area contributed by atoms with Crippen molar-refractivity contribution in [2.45, 2.75) is 25.3 Å². The smallest absolute Gasteiger partial charge is 0.303 e. The summed E-state index contributed by atoms with van der Waals surface area (Å²) in [4.78, 5) is 10.8. The van der Waals surface area contributed by atoms with Crippen LogP contribution in [0.5, 0.6) is 0 Å². The first-order valence-electron chi connectivity index (χ1n) is 5.99. The Kier molecular flexibility index (Phi) is 4.17. The van der Waals surface area contributed by atoms with E-state index in [-0.39, 0.29) is 12.4 Å². The van der Waals surface area contributed by atoms with Crippen molar-refractivity contribution in [1.29, 1.82) is 0 Å². The molecule has 1 aliphatic heterocycles. The molecule has 0 amide bonds. The van der Waals surface area contributed by atoms with E-state index in [1.54, 1.807) is 0 Å². The van der Waals surface area contributed by atoms with Gasteiger partial charge in [0.05, 0.1) is 6.61 Å². The molecule has 0 radical (unpaired) electrons. The number of aliphatic hydroxyl groups is 1. The van der Waals surface area contributed by atoms with Crippen LogP contribution in [-0.4, -0.2) is 47.2 Å². The average molecular weight is 288 g/mol. The molecule has 0 saturated carbocycles. The minimum Gasteiger partial charge on any atom is -0.395 e. The normalized spacial score (nSPS) is 21.2. The first-order valence-corrected chi connectivity index (χ1v) is 7.43. The topological polar surface area (TPSA) is 115 Å². The predicted molar refractivity (Wildman–Crippen MR) is 68.8 cm³/mol. The predicted octanol–water partition coefficient (Wildman–Crippen LogP) is -0.727. The molecular weight excluding hydrogens is 272 g/mol. The number of hydrogen-bond acceptors (Lipinski definition) is 5. The third-order valence-electron chi connectivity index (χ3n) is 3.01. The van der Waals surface area contributed by atoms with Crippen molar-refractivity contribution in [1.82, 2.24) is 14.5 Å². The fraction of sp³-hybridized carbons (Fsp3) is 0.600.